The topological polar surface area (TPSA) is 25.8 Å². The van der Waals surface area contributed by atoms with Crippen LogP contribution in [0.15, 0.2) is 18.2 Å². The van der Waals surface area contributed by atoms with E-state index in [0.717, 1.165) is 9.26 Å². The lowest BCUT2D eigenvalue weighted by Gasteiger charge is -2.20. The van der Waals surface area contributed by atoms with Crippen LogP contribution in [0.3, 0.4) is 0 Å². The molecule has 0 fully saturated rings. The first-order chi connectivity index (χ1) is 9.21. The Morgan fingerprint density at radius 1 is 1.05 bits per heavy atom. The molecule has 0 bridgehead atoms. The fraction of sp³-hybridized carbons (Fsp3) is 0.286. The van der Waals surface area contributed by atoms with Gasteiger partial charge in [-0.25, -0.2) is 9.97 Å². The Labute approximate surface area is 147 Å². The summed E-state index contributed by atoms with van der Waals surface area (Å²) >= 11 is 20.7. The predicted octanol–water partition coefficient (Wildman–Crippen LogP) is 6.01. The van der Waals surface area contributed by atoms with E-state index in [9.17, 15) is 0 Å². The van der Waals surface area contributed by atoms with Crippen LogP contribution in [-0.4, -0.2) is 9.97 Å². The van der Waals surface area contributed by atoms with E-state index in [2.05, 4.69) is 53.3 Å². The maximum absolute atomic E-state index is 6.23. The van der Waals surface area contributed by atoms with Gasteiger partial charge in [0.1, 0.15) is 5.15 Å². The van der Waals surface area contributed by atoms with Crippen LogP contribution in [0.25, 0.3) is 11.4 Å². The minimum absolute atomic E-state index is 0.136. The summed E-state index contributed by atoms with van der Waals surface area (Å²) in [5, 5.41) is 1.34. The van der Waals surface area contributed by atoms with Crippen molar-refractivity contribution in [2.24, 2.45) is 0 Å². The van der Waals surface area contributed by atoms with Crippen LogP contribution in [0.2, 0.25) is 15.2 Å². The first-order valence-corrected chi connectivity index (χ1v) is 8.11. The third-order valence-corrected chi connectivity index (χ3v) is 5.15. The fourth-order valence-electron chi connectivity index (χ4n) is 1.71. The summed E-state index contributed by atoms with van der Waals surface area (Å²) in [6.07, 6.45) is 0. The predicted molar refractivity (Wildman–Crippen MR) is 93.9 cm³/mol. The largest absolute Gasteiger partial charge is 0.231 e. The third-order valence-electron chi connectivity index (χ3n) is 2.71. The zero-order valence-corrected chi connectivity index (χ0v) is 15.6. The molecule has 106 valence electrons. The highest BCUT2D eigenvalue weighted by Gasteiger charge is 2.23. The van der Waals surface area contributed by atoms with Gasteiger partial charge in [-0.05, 0) is 34.7 Å². The van der Waals surface area contributed by atoms with E-state index in [0.29, 0.717) is 26.6 Å². The molecule has 0 aliphatic carbocycles. The van der Waals surface area contributed by atoms with Crippen LogP contribution in [0.1, 0.15) is 26.5 Å². The number of hydrogen-bond donors (Lipinski definition) is 0. The van der Waals surface area contributed by atoms with Crippen LogP contribution in [0.4, 0.5) is 0 Å². The quantitative estimate of drug-likeness (QED) is 0.400. The first kappa shape index (κ1) is 16.3. The van der Waals surface area contributed by atoms with Gasteiger partial charge in [-0.15, -0.1) is 0 Å². The maximum atomic E-state index is 6.23. The molecule has 2 nitrogen and oxygen atoms in total. The maximum Gasteiger partial charge on any atom is 0.162 e. The van der Waals surface area contributed by atoms with Gasteiger partial charge in [0.05, 0.1) is 19.3 Å². The monoisotopic (exact) mass is 440 g/mol. The highest BCUT2D eigenvalue weighted by Crippen LogP contribution is 2.35. The minimum atomic E-state index is -0.136. The van der Waals surface area contributed by atoms with Crippen molar-refractivity contribution in [3.8, 4) is 11.4 Å². The average Bonchev–Trinajstić information content (AvgIpc) is 2.34. The van der Waals surface area contributed by atoms with E-state index in [1.54, 1.807) is 6.07 Å². The molecular formula is C14H12Cl3IN2. The molecule has 0 spiro atoms. The molecule has 0 aliphatic rings. The Morgan fingerprint density at radius 2 is 1.70 bits per heavy atom. The molecular weight excluding hydrogens is 429 g/mol. The number of halogens is 4. The molecule has 1 aromatic heterocycles. The highest BCUT2D eigenvalue weighted by molar-refractivity contribution is 14.1. The van der Waals surface area contributed by atoms with Gasteiger partial charge >= 0.3 is 0 Å². The second kappa shape index (κ2) is 5.95. The van der Waals surface area contributed by atoms with Gasteiger partial charge in [0.15, 0.2) is 5.82 Å². The lowest BCUT2D eigenvalue weighted by molar-refractivity contribution is 0.563. The molecule has 0 atom stereocenters. The van der Waals surface area contributed by atoms with Crippen molar-refractivity contribution in [1.29, 1.82) is 0 Å². The Bertz CT molecular complexity index is 666. The molecule has 2 aromatic rings. The standard InChI is InChI=1S/C14H12Cl3IN2/c1-14(2,3)11-10(18)12(17)20-13(19-11)7-5-4-6-8(15)9(7)16/h4-6H,1-3H3. The van der Waals surface area contributed by atoms with E-state index >= 15 is 0 Å². The van der Waals surface area contributed by atoms with Crippen molar-refractivity contribution in [3.63, 3.8) is 0 Å². The van der Waals surface area contributed by atoms with Gasteiger partial charge in [-0.2, -0.15) is 0 Å². The van der Waals surface area contributed by atoms with Crippen molar-refractivity contribution < 1.29 is 0 Å². The molecule has 6 heteroatoms. The Hall–Kier alpha value is -0.100. The molecule has 20 heavy (non-hydrogen) atoms. The SMILES string of the molecule is CC(C)(C)c1nc(-c2cccc(Cl)c2Cl)nc(Cl)c1I. The third kappa shape index (κ3) is 3.21. The molecule has 2 rings (SSSR count). The zero-order valence-electron chi connectivity index (χ0n) is 11.1. The van der Waals surface area contributed by atoms with Gasteiger partial charge in [-0.1, -0.05) is 61.6 Å². The van der Waals surface area contributed by atoms with E-state index in [4.69, 9.17) is 34.8 Å². The fourth-order valence-corrected chi connectivity index (χ4v) is 3.32. The van der Waals surface area contributed by atoms with Crippen molar-refractivity contribution in [2.75, 3.05) is 0 Å². The van der Waals surface area contributed by atoms with Gasteiger partial charge in [0, 0.05) is 11.0 Å². The Balaban J connectivity index is 2.71. The van der Waals surface area contributed by atoms with Crippen LogP contribution in [0, 0.1) is 3.57 Å². The number of rotatable bonds is 1. The average molecular weight is 442 g/mol. The molecule has 0 radical (unpaired) electrons. The molecule has 1 heterocycles. The van der Waals surface area contributed by atoms with Crippen molar-refractivity contribution in [3.05, 3.63) is 42.7 Å². The highest BCUT2D eigenvalue weighted by atomic mass is 127. The molecule has 0 saturated heterocycles. The van der Waals surface area contributed by atoms with Crippen LogP contribution in [-0.2, 0) is 5.41 Å². The zero-order chi connectivity index (χ0) is 15.1. The van der Waals surface area contributed by atoms with Crippen LogP contribution < -0.4 is 0 Å². The summed E-state index contributed by atoms with van der Waals surface area (Å²) in [5.41, 5.74) is 1.44. The summed E-state index contributed by atoms with van der Waals surface area (Å²) in [4.78, 5) is 8.95. The molecule has 0 aliphatic heterocycles. The van der Waals surface area contributed by atoms with Crippen molar-refractivity contribution >= 4 is 57.4 Å². The summed E-state index contributed by atoms with van der Waals surface area (Å²) in [6.45, 7) is 6.24. The van der Waals surface area contributed by atoms with Crippen molar-refractivity contribution in [2.45, 2.75) is 26.2 Å². The van der Waals surface area contributed by atoms with Gasteiger partial charge in [0.25, 0.3) is 0 Å². The number of aromatic nitrogens is 2. The smallest absolute Gasteiger partial charge is 0.162 e. The van der Waals surface area contributed by atoms with E-state index in [1.165, 1.54) is 0 Å². The summed E-state index contributed by atoms with van der Waals surface area (Å²) in [5.74, 6) is 0.493. The van der Waals surface area contributed by atoms with Gasteiger partial charge in [0.2, 0.25) is 0 Å². The molecule has 1 aromatic carbocycles. The van der Waals surface area contributed by atoms with E-state index in [-0.39, 0.29) is 5.41 Å². The van der Waals surface area contributed by atoms with E-state index in [1.807, 2.05) is 12.1 Å². The van der Waals surface area contributed by atoms with Crippen LogP contribution in [0.5, 0.6) is 0 Å². The minimum Gasteiger partial charge on any atom is -0.231 e. The Morgan fingerprint density at radius 3 is 2.30 bits per heavy atom. The molecule has 0 N–H and O–H groups in total. The summed E-state index contributed by atoms with van der Waals surface area (Å²) in [7, 11) is 0. The second-order valence-electron chi connectivity index (χ2n) is 5.35. The van der Waals surface area contributed by atoms with Crippen LogP contribution >= 0.6 is 57.4 Å². The summed E-state index contributed by atoms with van der Waals surface area (Å²) in [6, 6.07) is 5.38. The lowest BCUT2D eigenvalue weighted by Crippen LogP contribution is -2.17. The Kier molecular flexibility index (Phi) is 4.84. The van der Waals surface area contributed by atoms with E-state index < -0.39 is 0 Å². The number of nitrogens with zero attached hydrogens (tertiary/aromatic N) is 2. The number of benzene rings is 1. The first-order valence-electron chi connectivity index (χ1n) is 5.89. The van der Waals surface area contributed by atoms with Gasteiger partial charge < -0.3 is 0 Å². The number of hydrogen-bond acceptors (Lipinski definition) is 2. The summed E-state index contributed by atoms with van der Waals surface area (Å²) < 4.78 is 0.860. The molecule has 0 unspecified atom stereocenters. The second-order valence-corrected chi connectivity index (χ2v) is 7.57. The van der Waals surface area contributed by atoms with Gasteiger partial charge in [-0.3, -0.25) is 0 Å². The van der Waals surface area contributed by atoms with Crippen molar-refractivity contribution in [1.82, 2.24) is 9.97 Å². The molecule has 0 amide bonds. The normalized spacial score (nSPS) is 11.8. The molecule has 0 saturated carbocycles. The lowest BCUT2D eigenvalue weighted by atomic mass is 9.92.